The predicted octanol–water partition coefficient (Wildman–Crippen LogP) is 6.37. The minimum atomic E-state index is -5.57. The molecule has 1 fully saturated rings. The molecule has 0 nitrogen and oxygen atoms in total. The normalized spacial score (nSPS) is 19.5. The van der Waals surface area contributed by atoms with Gasteiger partial charge in [0.15, 0.2) is 0 Å². The molecule has 0 aliphatic heterocycles. The maximum atomic E-state index is 13.3. The number of rotatable bonds is 3. The van der Waals surface area contributed by atoms with E-state index < -0.39 is 16.9 Å². The third-order valence-corrected chi connectivity index (χ3v) is 5.11. The lowest BCUT2D eigenvalue weighted by Gasteiger charge is -2.26. The van der Waals surface area contributed by atoms with E-state index >= 15 is 0 Å². The van der Waals surface area contributed by atoms with Crippen molar-refractivity contribution in [2.75, 3.05) is 0 Å². The van der Waals surface area contributed by atoms with Gasteiger partial charge in [-0.2, -0.15) is 22.0 Å². The fourth-order valence-electron chi connectivity index (χ4n) is 2.73. The Kier molecular flexibility index (Phi) is 4.96. The summed E-state index contributed by atoms with van der Waals surface area (Å²) in [6.07, 6.45) is 0.0178. The highest BCUT2D eigenvalue weighted by molar-refractivity contribution is 9.09. The molecule has 0 bridgehead atoms. The van der Waals surface area contributed by atoms with Crippen molar-refractivity contribution >= 4 is 15.9 Å². The van der Waals surface area contributed by atoms with Crippen molar-refractivity contribution in [3.8, 4) is 0 Å². The summed E-state index contributed by atoms with van der Waals surface area (Å²) in [5, 5.41) is 0. The Hall–Kier alpha value is -0.650. The number of hydrogen-bond acceptors (Lipinski definition) is 0. The van der Waals surface area contributed by atoms with Gasteiger partial charge in [0.05, 0.1) is 0 Å². The zero-order valence-electron chi connectivity index (χ0n) is 11.3. The molecule has 1 aliphatic rings. The summed E-state index contributed by atoms with van der Waals surface area (Å²) in [5.41, 5.74) is 0.963. The number of hydrogen-bond donors (Lipinski definition) is 0. The first-order valence-electron chi connectivity index (χ1n) is 6.92. The molecular formula is C15H16BrF5. The van der Waals surface area contributed by atoms with E-state index in [9.17, 15) is 22.0 Å². The van der Waals surface area contributed by atoms with Gasteiger partial charge in [0.25, 0.3) is 0 Å². The Morgan fingerprint density at radius 1 is 0.905 bits per heavy atom. The first-order valence-corrected chi connectivity index (χ1v) is 7.83. The number of alkyl halides is 6. The second-order valence-electron chi connectivity index (χ2n) is 5.48. The van der Waals surface area contributed by atoms with E-state index in [2.05, 4.69) is 15.9 Å². The zero-order valence-corrected chi connectivity index (χ0v) is 12.9. The van der Waals surface area contributed by atoms with Crippen LogP contribution >= 0.6 is 15.9 Å². The molecule has 1 aliphatic carbocycles. The van der Waals surface area contributed by atoms with Crippen LogP contribution in [0.1, 0.15) is 54.0 Å². The first kappa shape index (κ1) is 16.7. The van der Waals surface area contributed by atoms with Gasteiger partial charge in [-0.3, -0.25) is 0 Å². The molecule has 1 atom stereocenters. The van der Waals surface area contributed by atoms with Gasteiger partial charge in [-0.15, -0.1) is 0 Å². The van der Waals surface area contributed by atoms with Crippen LogP contribution in [0.3, 0.4) is 0 Å². The second-order valence-corrected chi connectivity index (χ2v) is 6.40. The summed E-state index contributed by atoms with van der Waals surface area (Å²) in [5.74, 6) is -4.40. The van der Waals surface area contributed by atoms with Gasteiger partial charge in [-0.25, -0.2) is 0 Å². The Morgan fingerprint density at radius 3 is 1.90 bits per heavy atom. The largest absolute Gasteiger partial charge is 0.454 e. The van der Waals surface area contributed by atoms with E-state index in [4.69, 9.17) is 0 Å². The highest BCUT2D eigenvalue weighted by atomic mass is 79.9. The van der Waals surface area contributed by atoms with Crippen LogP contribution in [0.15, 0.2) is 24.3 Å². The average Bonchev–Trinajstić information content (AvgIpc) is 2.46. The van der Waals surface area contributed by atoms with Crippen LogP contribution in [0.5, 0.6) is 0 Å². The quantitative estimate of drug-likeness (QED) is 0.428. The van der Waals surface area contributed by atoms with Crippen molar-refractivity contribution < 1.29 is 22.0 Å². The molecule has 0 aromatic heterocycles. The average molecular weight is 371 g/mol. The Morgan fingerprint density at radius 2 is 1.43 bits per heavy atom. The molecule has 0 radical (unpaired) electrons. The van der Waals surface area contributed by atoms with Crippen LogP contribution in [-0.2, 0) is 0 Å². The molecule has 0 spiro atoms. The molecule has 0 amide bonds. The van der Waals surface area contributed by atoms with Crippen LogP contribution in [0, 0.1) is 0 Å². The predicted molar refractivity (Wildman–Crippen MR) is 74.9 cm³/mol. The smallest absolute Gasteiger partial charge is 0.195 e. The fourth-order valence-corrected chi connectivity index (χ4v) is 3.29. The van der Waals surface area contributed by atoms with Crippen molar-refractivity contribution in [2.24, 2.45) is 0 Å². The van der Waals surface area contributed by atoms with E-state index in [0.29, 0.717) is 5.92 Å². The lowest BCUT2D eigenvalue weighted by Crippen LogP contribution is -2.39. The molecule has 0 heterocycles. The molecule has 1 aromatic rings. The van der Waals surface area contributed by atoms with Crippen LogP contribution in [0.25, 0.3) is 0 Å². The fraction of sp³-hybridized carbons (Fsp3) is 0.600. The van der Waals surface area contributed by atoms with E-state index in [-0.39, 0.29) is 5.56 Å². The highest BCUT2D eigenvalue weighted by Gasteiger charge is 2.62. The molecule has 1 unspecified atom stereocenters. The summed E-state index contributed by atoms with van der Waals surface area (Å²) in [4.78, 5) is -2.06. The minimum absolute atomic E-state index is 0.0584. The first-order chi connectivity index (χ1) is 9.73. The van der Waals surface area contributed by atoms with Crippen LogP contribution in [0.4, 0.5) is 22.0 Å². The zero-order chi connectivity index (χ0) is 15.7. The Bertz CT molecular complexity index is 460. The standard InChI is InChI=1S/C15H16BrF5/c16-13(14(17,18)15(19,20)21)12-8-6-11(7-9-12)10-4-2-1-3-5-10/h6-10,13H,1-5H2. The third kappa shape index (κ3) is 3.58. The van der Waals surface area contributed by atoms with Gasteiger partial charge < -0.3 is 0 Å². The van der Waals surface area contributed by atoms with Gasteiger partial charge in [0.2, 0.25) is 0 Å². The molecule has 0 saturated heterocycles. The summed E-state index contributed by atoms with van der Waals surface area (Å²) in [6, 6.07) is 6.07. The molecular weight excluding hydrogens is 355 g/mol. The molecule has 1 saturated carbocycles. The SMILES string of the molecule is FC(F)(F)C(F)(F)C(Br)c1ccc(C2CCCCC2)cc1. The van der Waals surface area contributed by atoms with E-state index in [1.807, 2.05) is 0 Å². The monoisotopic (exact) mass is 370 g/mol. The summed E-state index contributed by atoms with van der Waals surface area (Å²) in [6.45, 7) is 0. The minimum Gasteiger partial charge on any atom is -0.195 e. The van der Waals surface area contributed by atoms with Gasteiger partial charge >= 0.3 is 12.1 Å². The second kappa shape index (κ2) is 6.23. The van der Waals surface area contributed by atoms with E-state index in [0.717, 1.165) is 31.2 Å². The van der Waals surface area contributed by atoms with E-state index in [1.54, 1.807) is 12.1 Å². The van der Waals surface area contributed by atoms with Crippen LogP contribution < -0.4 is 0 Å². The molecule has 1 aromatic carbocycles. The Labute approximate surface area is 128 Å². The third-order valence-electron chi connectivity index (χ3n) is 4.00. The summed E-state index contributed by atoms with van der Waals surface area (Å²) >= 11 is 2.49. The Balaban J connectivity index is 2.15. The lowest BCUT2D eigenvalue weighted by molar-refractivity contribution is -0.281. The summed E-state index contributed by atoms with van der Waals surface area (Å²) < 4.78 is 63.7. The highest BCUT2D eigenvalue weighted by Crippen LogP contribution is 2.49. The van der Waals surface area contributed by atoms with Crippen LogP contribution in [-0.4, -0.2) is 12.1 Å². The maximum Gasteiger partial charge on any atom is 0.454 e. The van der Waals surface area contributed by atoms with Gasteiger partial charge in [0, 0.05) is 0 Å². The molecule has 2 rings (SSSR count). The molecule has 118 valence electrons. The summed E-state index contributed by atoms with van der Waals surface area (Å²) in [7, 11) is 0. The van der Waals surface area contributed by atoms with Gasteiger partial charge in [0.1, 0.15) is 4.83 Å². The molecule has 21 heavy (non-hydrogen) atoms. The van der Waals surface area contributed by atoms with E-state index in [1.165, 1.54) is 18.6 Å². The van der Waals surface area contributed by atoms with Crippen molar-refractivity contribution in [3.05, 3.63) is 35.4 Å². The number of benzene rings is 1. The number of halogens is 6. The van der Waals surface area contributed by atoms with Crippen molar-refractivity contribution in [2.45, 2.75) is 54.9 Å². The van der Waals surface area contributed by atoms with Crippen molar-refractivity contribution in [1.29, 1.82) is 0 Å². The topological polar surface area (TPSA) is 0 Å². The van der Waals surface area contributed by atoms with Crippen molar-refractivity contribution in [1.82, 2.24) is 0 Å². The van der Waals surface area contributed by atoms with Gasteiger partial charge in [-0.05, 0) is 29.9 Å². The molecule has 6 heteroatoms. The molecule has 0 N–H and O–H groups in total. The van der Waals surface area contributed by atoms with Gasteiger partial charge in [-0.1, -0.05) is 59.5 Å². The lowest BCUT2D eigenvalue weighted by atomic mass is 9.84. The van der Waals surface area contributed by atoms with Crippen molar-refractivity contribution in [3.63, 3.8) is 0 Å². The maximum absolute atomic E-state index is 13.3. The van der Waals surface area contributed by atoms with Crippen LogP contribution in [0.2, 0.25) is 0 Å².